The Morgan fingerprint density at radius 2 is 1.93 bits per heavy atom. The Labute approximate surface area is 151 Å². The molecule has 3 aromatic heterocycles. The highest BCUT2D eigenvalue weighted by Crippen LogP contribution is 2.39. The van der Waals surface area contributed by atoms with E-state index in [0.717, 1.165) is 0 Å². The molecule has 142 valence electrons. The SMILES string of the molecule is COc1ncc(-c2cc(N3CC(C(F)(F)F)C3)c3nccn3n2)c(OC)n1. The molecule has 0 aromatic carbocycles. The fourth-order valence-electron chi connectivity index (χ4n) is 2.93. The van der Waals surface area contributed by atoms with Crippen molar-refractivity contribution in [3.8, 4) is 23.1 Å². The quantitative estimate of drug-likeness (QED) is 0.687. The fourth-order valence-corrected chi connectivity index (χ4v) is 2.93. The van der Waals surface area contributed by atoms with E-state index in [2.05, 4.69) is 20.1 Å². The number of fused-ring (bicyclic) bond motifs is 1. The zero-order valence-electron chi connectivity index (χ0n) is 14.4. The van der Waals surface area contributed by atoms with Crippen molar-refractivity contribution in [3.05, 3.63) is 24.7 Å². The molecule has 0 aliphatic carbocycles. The van der Waals surface area contributed by atoms with Crippen LogP contribution in [-0.4, -0.2) is 58.1 Å². The number of alkyl halides is 3. The average Bonchev–Trinajstić information content (AvgIpc) is 3.07. The molecule has 11 heteroatoms. The van der Waals surface area contributed by atoms with Gasteiger partial charge in [-0.2, -0.15) is 23.3 Å². The molecular weight excluding hydrogens is 365 g/mol. The Hall–Kier alpha value is -3.11. The van der Waals surface area contributed by atoms with Gasteiger partial charge < -0.3 is 14.4 Å². The summed E-state index contributed by atoms with van der Waals surface area (Å²) in [5.74, 6) is -1.10. The summed E-state index contributed by atoms with van der Waals surface area (Å²) in [5.41, 5.74) is 1.98. The van der Waals surface area contributed by atoms with Crippen LogP contribution < -0.4 is 14.4 Å². The minimum Gasteiger partial charge on any atom is -0.480 e. The molecule has 0 unspecified atom stereocenters. The Bertz CT molecular complexity index is 984. The minimum atomic E-state index is -4.20. The van der Waals surface area contributed by atoms with Crippen molar-refractivity contribution in [2.24, 2.45) is 5.92 Å². The molecule has 4 heterocycles. The molecular formula is C16H15F3N6O2. The lowest BCUT2D eigenvalue weighted by molar-refractivity contribution is -0.180. The predicted molar refractivity (Wildman–Crippen MR) is 88.9 cm³/mol. The lowest BCUT2D eigenvalue weighted by Gasteiger charge is -2.41. The maximum atomic E-state index is 12.9. The van der Waals surface area contributed by atoms with Crippen LogP contribution in [0.2, 0.25) is 0 Å². The lowest BCUT2D eigenvalue weighted by atomic mass is 9.98. The van der Waals surface area contributed by atoms with Crippen LogP contribution in [0.4, 0.5) is 18.9 Å². The third-order valence-electron chi connectivity index (χ3n) is 4.41. The van der Waals surface area contributed by atoms with Gasteiger partial charge in [0, 0.05) is 31.7 Å². The molecule has 3 aromatic rings. The first kappa shape index (κ1) is 17.3. The monoisotopic (exact) mass is 380 g/mol. The van der Waals surface area contributed by atoms with Crippen LogP contribution >= 0.6 is 0 Å². The smallest absolute Gasteiger partial charge is 0.395 e. The third kappa shape index (κ3) is 2.98. The first-order chi connectivity index (χ1) is 12.9. The van der Waals surface area contributed by atoms with Crippen LogP contribution in [-0.2, 0) is 0 Å². The van der Waals surface area contributed by atoms with E-state index in [4.69, 9.17) is 9.47 Å². The maximum Gasteiger partial charge on any atom is 0.395 e. The highest BCUT2D eigenvalue weighted by molar-refractivity contribution is 5.76. The van der Waals surface area contributed by atoms with Gasteiger partial charge in [-0.05, 0) is 6.07 Å². The topological polar surface area (TPSA) is 77.7 Å². The maximum absolute atomic E-state index is 12.9. The molecule has 0 radical (unpaired) electrons. The van der Waals surface area contributed by atoms with Gasteiger partial charge in [0.05, 0.1) is 31.4 Å². The van der Waals surface area contributed by atoms with Gasteiger partial charge in [-0.15, -0.1) is 0 Å². The van der Waals surface area contributed by atoms with E-state index >= 15 is 0 Å². The van der Waals surface area contributed by atoms with E-state index in [-0.39, 0.29) is 25.0 Å². The molecule has 1 aliphatic rings. The number of ether oxygens (including phenoxy) is 2. The molecule has 4 rings (SSSR count). The average molecular weight is 380 g/mol. The van der Waals surface area contributed by atoms with E-state index in [1.54, 1.807) is 23.4 Å². The molecule has 1 saturated heterocycles. The summed E-state index contributed by atoms with van der Waals surface area (Å²) >= 11 is 0. The molecule has 8 nitrogen and oxygen atoms in total. The number of anilines is 1. The highest BCUT2D eigenvalue weighted by Gasteiger charge is 2.47. The van der Waals surface area contributed by atoms with Crippen LogP contribution in [0.3, 0.4) is 0 Å². The molecule has 1 fully saturated rings. The number of rotatable bonds is 4. The predicted octanol–water partition coefficient (Wildman–Crippen LogP) is 2.20. The van der Waals surface area contributed by atoms with Crippen molar-refractivity contribution in [3.63, 3.8) is 0 Å². The molecule has 0 saturated carbocycles. The van der Waals surface area contributed by atoms with Crippen molar-refractivity contribution < 1.29 is 22.6 Å². The summed E-state index contributed by atoms with van der Waals surface area (Å²) in [4.78, 5) is 14.0. The molecule has 0 N–H and O–H groups in total. The second-order valence-electron chi connectivity index (χ2n) is 6.03. The Morgan fingerprint density at radius 3 is 2.59 bits per heavy atom. The van der Waals surface area contributed by atoms with Gasteiger partial charge in [-0.1, -0.05) is 0 Å². The Balaban J connectivity index is 1.76. The Kier molecular flexibility index (Phi) is 4.01. The van der Waals surface area contributed by atoms with Gasteiger partial charge in [-0.25, -0.2) is 14.5 Å². The summed E-state index contributed by atoms with van der Waals surface area (Å²) < 4.78 is 50.3. The van der Waals surface area contributed by atoms with Crippen molar-refractivity contribution >= 4 is 11.3 Å². The van der Waals surface area contributed by atoms with E-state index in [1.807, 2.05) is 0 Å². The number of nitrogens with zero attached hydrogens (tertiary/aromatic N) is 6. The van der Waals surface area contributed by atoms with Crippen molar-refractivity contribution in [1.29, 1.82) is 0 Å². The molecule has 27 heavy (non-hydrogen) atoms. The molecule has 1 aliphatic heterocycles. The number of aromatic nitrogens is 5. The number of hydrogen-bond donors (Lipinski definition) is 0. The second kappa shape index (κ2) is 6.25. The number of methoxy groups -OCH3 is 2. The molecule has 0 bridgehead atoms. The van der Waals surface area contributed by atoms with E-state index in [0.29, 0.717) is 22.6 Å². The van der Waals surface area contributed by atoms with E-state index in [9.17, 15) is 13.2 Å². The van der Waals surface area contributed by atoms with E-state index < -0.39 is 12.1 Å². The number of imidazole rings is 1. The van der Waals surface area contributed by atoms with Crippen LogP contribution in [0.1, 0.15) is 0 Å². The summed E-state index contributed by atoms with van der Waals surface area (Å²) in [6.45, 7) is -0.239. The van der Waals surface area contributed by atoms with Crippen LogP contribution in [0.5, 0.6) is 11.9 Å². The van der Waals surface area contributed by atoms with Crippen molar-refractivity contribution in [2.75, 3.05) is 32.2 Å². The number of halogens is 3. The Morgan fingerprint density at radius 1 is 1.15 bits per heavy atom. The second-order valence-corrected chi connectivity index (χ2v) is 6.03. The first-order valence-electron chi connectivity index (χ1n) is 8.02. The van der Waals surface area contributed by atoms with Crippen LogP contribution in [0, 0.1) is 5.92 Å². The van der Waals surface area contributed by atoms with Crippen molar-refractivity contribution in [2.45, 2.75) is 6.18 Å². The van der Waals surface area contributed by atoms with Crippen LogP contribution in [0.25, 0.3) is 16.9 Å². The van der Waals surface area contributed by atoms with Gasteiger partial charge in [0.25, 0.3) is 0 Å². The largest absolute Gasteiger partial charge is 0.480 e. The fraction of sp³-hybridized carbons (Fsp3) is 0.375. The van der Waals surface area contributed by atoms with Gasteiger partial charge >= 0.3 is 12.2 Å². The standard InChI is InChI=1S/C16H15F3N6O2/c1-26-14-10(6-21-15(22-14)27-2)11-5-12(13-20-3-4-25(13)23-11)24-7-9(8-24)16(17,18)19/h3-6,9H,7-8H2,1-2H3. The minimum absolute atomic E-state index is 0.119. The van der Waals surface area contributed by atoms with Gasteiger partial charge in [0.15, 0.2) is 5.65 Å². The summed E-state index contributed by atoms with van der Waals surface area (Å²) in [6.07, 6.45) is 0.456. The van der Waals surface area contributed by atoms with Crippen LogP contribution in [0.15, 0.2) is 24.7 Å². The van der Waals surface area contributed by atoms with Gasteiger partial charge in [0.2, 0.25) is 5.88 Å². The number of hydrogen-bond acceptors (Lipinski definition) is 7. The summed E-state index contributed by atoms with van der Waals surface area (Å²) in [5, 5.41) is 4.44. The summed E-state index contributed by atoms with van der Waals surface area (Å²) in [6, 6.07) is 1.80. The normalized spacial score (nSPS) is 15.1. The van der Waals surface area contributed by atoms with Gasteiger partial charge in [0.1, 0.15) is 5.69 Å². The first-order valence-corrected chi connectivity index (χ1v) is 8.02. The van der Waals surface area contributed by atoms with E-state index in [1.165, 1.54) is 24.9 Å². The molecule has 0 amide bonds. The third-order valence-corrected chi connectivity index (χ3v) is 4.41. The van der Waals surface area contributed by atoms with Crippen molar-refractivity contribution in [1.82, 2.24) is 24.6 Å². The van der Waals surface area contributed by atoms with Gasteiger partial charge in [-0.3, -0.25) is 0 Å². The lowest BCUT2D eigenvalue weighted by Crippen LogP contribution is -2.53. The summed E-state index contributed by atoms with van der Waals surface area (Å²) in [7, 11) is 2.88. The highest BCUT2D eigenvalue weighted by atomic mass is 19.4. The zero-order valence-corrected chi connectivity index (χ0v) is 14.4. The molecule has 0 spiro atoms. The molecule has 0 atom stereocenters. The zero-order chi connectivity index (χ0) is 19.2.